The molecule has 2 bridgehead atoms. The van der Waals surface area contributed by atoms with Gasteiger partial charge in [-0.25, -0.2) is 5.32 Å². The van der Waals surface area contributed by atoms with Crippen LogP contribution in [-0.4, -0.2) is 67.5 Å². The lowest BCUT2D eigenvalue weighted by Crippen LogP contribution is -2.75. The molecule has 2 atom stereocenters. The Labute approximate surface area is 188 Å². The number of hydrogen-bond donors (Lipinski definition) is 4. The normalized spacial score (nSPS) is 28.2. The SMILES string of the molecule is CC(C)OCCOC1=C(OCCOC(C)C)C2=C3C=N[N+]2(C=C1)C1(NCC(N)=CC1=N)N3. The van der Waals surface area contributed by atoms with Gasteiger partial charge in [0, 0.05) is 18.3 Å². The third kappa shape index (κ3) is 3.73. The molecule has 5 N–H and O–H groups in total. The number of rotatable bonds is 10. The topological polar surface area (TPSA) is 123 Å². The van der Waals surface area contributed by atoms with Crippen LogP contribution in [0.5, 0.6) is 0 Å². The molecule has 2 unspecified atom stereocenters. The first-order valence-electron chi connectivity index (χ1n) is 11.0. The number of nitrogens with zero attached hydrogens (tertiary/aromatic N) is 2. The van der Waals surface area contributed by atoms with Crippen molar-refractivity contribution in [1.29, 1.82) is 5.41 Å². The minimum atomic E-state index is -0.978. The number of nitrogens with two attached hydrogens (primary N) is 1. The predicted molar refractivity (Wildman–Crippen MR) is 120 cm³/mol. The van der Waals surface area contributed by atoms with Gasteiger partial charge in [-0.15, -0.1) is 0 Å². The zero-order valence-electron chi connectivity index (χ0n) is 19.1. The van der Waals surface area contributed by atoms with Crippen molar-refractivity contribution >= 4 is 11.9 Å². The minimum absolute atomic E-state index is 0.000666. The van der Waals surface area contributed by atoms with Crippen LogP contribution in [0.4, 0.5) is 0 Å². The van der Waals surface area contributed by atoms with E-state index in [1.165, 1.54) is 0 Å². The molecule has 1 spiro atoms. The van der Waals surface area contributed by atoms with Crippen LogP contribution in [0.15, 0.2) is 52.1 Å². The van der Waals surface area contributed by atoms with E-state index in [2.05, 4.69) is 10.6 Å². The summed E-state index contributed by atoms with van der Waals surface area (Å²) in [5.74, 6) is 0.206. The smallest absolute Gasteiger partial charge is 0.309 e. The van der Waals surface area contributed by atoms with Gasteiger partial charge in [0.05, 0.1) is 25.4 Å². The van der Waals surface area contributed by atoms with E-state index >= 15 is 0 Å². The summed E-state index contributed by atoms with van der Waals surface area (Å²) in [5, 5.41) is 20.3. The van der Waals surface area contributed by atoms with E-state index < -0.39 is 5.79 Å². The van der Waals surface area contributed by atoms with E-state index in [9.17, 15) is 0 Å². The van der Waals surface area contributed by atoms with E-state index in [1.54, 1.807) is 12.3 Å². The summed E-state index contributed by atoms with van der Waals surface area (Å²) < 4.78 is 23.5. The molecule has 10 nitrogen and oxygen atoms in total. The summed E-state index contributed by atoms with van der Waals surface area (Å²) in [5.41, 5.74) is 8.43. The standard InChI is InChI=1S/C22H33N6O4/c1-14(2)29-7-9-31-18-5-6-28-20(21(18)32-10-8-30-15(3)4)17(13-26-28)27-22(28)19(24)11-16(23)12-25-22/h5-6,11,13-15,24-25,27H,7-10,12,23H2,1-4H3/q+1. The zero-order chi connectivity index (χ0) is 22.9. The van der Waals surface area contributed by atoms with Crippen molar-refractivity contribution in [3.8, 4) is 0 Å². The van der Waals surface area contributed by atoms with Crippen molar-refractivity contribution in [1.82, 2.24) is 10.6 Å². The molecule has 0 fully saturated rings. The molecule has 0 aromatic carbocycles. The summed E-state index contributed by atoms with van der Waals surface area (Å²) in [6, 6.07) is 0. The highest BCUT2D eigenvalue weighted by molar-refractivity contribution is 6.02. The van der Waals surface area contributed by atoms with Gasteiger partial charge in [-0.05, 0) is 33.8 Å². The molecule has 4 rings (SSSR count). The Balaban J connectivity index is 1.62. The number of nitrogens with one attached hydrogen (secondary N) is 3. The predicted octanol–water partition coefficient (Wildman–Crippen LogP) is 1.36. The first-order chi connectivity index (χ1) is 15.3. The van der Waals surface area contributed by atoms with Crippen LogP contribution in [0, 0.1) is 5.41 Å². The average molecular weight is 446 g/mol. The summed E-state index contributed by atoms with van der Waals surface area (Å²) in [6.45, 7) is 10.1. The average Bonchev–Trinajstić information content (AvgIpc) is 3.24. The lowest BCUT2D eigenvalue weighted by Gasteiger charge is -2.44. The monoisotopic (exact) mass is 445 g/mol. The van der Waals surface area contributed by atoms with Gasteiger partial charge in [0.2, 0.25) is 11.5 Å². The van der Waals surface area contributed by atoms with E-state index in [0.717, 1.165) is 11.4 Å². The second kappa shape index (κ2) is 8.70. The van der Waals surface area contributed by atoms with Crippen molar-refractivity contribution in [3.05, 3.63) is 47.0 Å². The van der Waals surface area contributed by atoms with E-state index in [0.29, 0.717) is 55.9 Å². The Morgan fingerprint density at radius 3 is 2.47 bits per heavy atom. The molecule has 0 aliphatic carbocycles. The van der Waals surface area contributed by atoms with E-state index in [-0.39, 0.29) is 16.8 Å². The maximum atomic E-state index is 8.69. The van der Waals surface area contributed by atoms with Crippen LogP contribution in [0.2, 0.25) is 0 Å². The minimum Gasteiger partial charge on any atom is -0.487 e. The number of ether oxygens (including phenoxy) is 4. The molecule has 0 saturated heterocycles. The zero-order valence-corrected chi connectivity index (χ0v) is 19.1. The molecular formula is C22H33N6O4+. The van der Waals surface area contributed by atoms with Crippen LogP contribution in [0.3, 0.4) is 0 Å². The second-order valence-electron chi connectivity index (χ2n) is 8.56. The van der Waals surface area contributed by atoms with E-state index in [4.69, 9.17) is 35.2 Å². The van der Waals surface area contributed by atoms with Crippen LogP contribution >= 0.6 is 0 Å². The molecule has 0 aromatic heterocycles. The third-order valence-corrected chi connectivity index (χ3v) is 5.51. The summed E-state index contributed by atoms with van der Waals surface area (Å²) in [4.78, 5) is 0. The van der Waals surface area contributed by atoms with Gasteiger partial charge in [0.25, 0.3) is 0 Å². The Kier molecular flexibility index (Phi) is 6.13. The van der Waals surface area contributed by atoms with Gasteiger partial charge < -0.3 is 30.0 Å². The molecule has 4 heterocycles. The molecule has 10 heteroatoms. The fourth-order valence-corrected chi connectivity index (χ4v) is 4.15. The highest BCUT2D eigenvalue weighted by Gasteiger charge is 2.69. The number of quaternary nitrogens is 1. The second-order valence-corrected chi connectivity index (χ2v) is 8.56. The number of allylic oxidation sites excluding steroid dienone is 2. The van der Waals surface area contributed by atoms with Crippen molar-refractivity contribution in [2.24, 2.45) is 10.8 Å². The summed E-state index contributed by atoms with van der Waals surface area (Å²) in [6.07, 6.45) is 7.45. The Morgan fingerprint density at radius 2 is 1.81 bits per heavy atom. The highest BCUT2D eigenvalue weighted by Crippen LogP contribution is 2.49. The largest absolute Gasteiger partial charge is 0.487 e. The van der Waals surface area contributed by atoms with Crippen molar-refractivity contribution in [2.45, 2.75) is 45.7 Å². The number of hydrogen-bond acceptors (Lipinski definition) is 9. The van der Waals surface area contributed by atoms with Crippen LogP contribution in [-0.2, 0) is 18.9 Å². The summed E-state index contributed by atoms with van der Waals surface area (Å²) >= 11 is 0. The molecular weight excluding hydrogens is 412 g/mol. The Hall–Kier alpha value is -2.66. The fraction of sp³-hybridized carbons (Fsp3) is 0.545. The van der Waals surface area contributed by atoms with Gasteiger partial charge in [-0.3, -0.25) is 5.41 Å². The molecule has 174 valence electrons. The molecule has 32 heavy (non-hydrogen) atoms. The first-order valence-corrected chi connectivity index (χ1v) is 11.0. The molecule has 4 aliphatic heterocycles. The first kappa shape index (κ1) is 22.5. The Bertz CT molecular complexity index is 935. The third-order valence-electron chi connectivity index (χ3n) is 5.51. The maximum Gasteiger partial charge on any atom is 0.309 e. The lowest BCUT2D eigenvalue weighted by atomic mass is 10.0. The van der Waals surface area contributed by atoms with Crippen molar-refractivity contribution < 1.29 is 23.5 Å². The van der Waals surface area contributed by atoms with E-state index in [1.807, 2.05) is 40.0 Å². The fourth-order valence-electron chi connectivity index (χ4n) is 4.15. The van der Waals surface area contributed by atoms with Gasteiger partial charge in [0.1, 0.15) is 37.0 Å². The van der Waals surface area contributed by atoms with Crippen molar-refractivity contribution in [3.63, 3.8) is 0 Å². The summed E-state index contributed by atoms with van der Waals surface area (Å²) in [7, 11) is 0. The molecule has 0 amide bonds. The molecule has 0 aromatic rings. The lowest BCUT2D eigenvalue weighted by molar-refractivity contribution is -0.889. The van der Waals surface area contributed by atoms with Gasteiger partial charge in [0.15, 0.2) is 5.76 Å². The Morgan fingerprint density at radius 1 is 1.12 bits per heavy atom. The maximum absolute atomic E-state index is 8.69. The van der Waals surface area contributed by atoms with Gasteiger partial charge >= 0.3 is 5.79 Å². The molecule has 0 saturated carbocycles. The van der Waals surface area contributed by atoms with Gasteiger partial charge in [-0.1, -0.05) is 9.69 Å². The van der Waals surface area contributed by atoms with Crippen LogP contribution in [0.25, 0.3) is 0 Å². The molecule has 0 radical (unpaired) electrons. The van der Waals surface area contributed by atoms with Gasteiger partial charge in [-0.2, -0.15) is 0 Å². The quantitative estimate of drug-likeness (QED) is 0.296. The van der Waals surface area contributed by atoms with Crippen molar-refractivity contribution in [2.75, 3.05) is 33.0 Å². The van der Waals surface area contributed by atoms with Crippen LogP contribution in [0.1, 0.15) is 27.7 Å². The highest BCUT2D eigenvalue weighted by atomic mass is 16.6. The molecule has 4 aliphatic rings. The van der Waals surface area contributed by atoms with Crippen LogP contribution < -0.4 is 16.4 Å².